The third-order valence-electron chi connectivity index (χ3n) is 1.93. The van der Waals surface area contributed by atoms with Crippen molar-refractivity contribution in [1.82, 2.24) is 0 Å². The number of carbonyl (C=O) groups excluding carboxylic acids is 1. The number of hydrogen-bond acceptors (Lipinski definition) is 2. The fourth-order valence-corrected chi connectivity index (χ4v) is 1.44. The zero-order valence-electron chi connectivity index (χ0n) is 8.04. The maximum atomic E-state index is 11.8. The standard InChI is InChI=1S/C11H10BrNO/c1-11(2,7-13)10(14)8-4-3-5-9(12)6-8/h3-6H,1-2H3. The molecule has 0 bridgehead atoms. The van der Waals surface area contributed by atoms with Gasteiger partial charge in [-0.3, -0.25) is 4.79 Å². The minimum absolute atomic E-state index is 0.152. The first-order chi connectivity index (χ1) is 6.47. The molecule has 0 N–H and O–H groups in total. The average Bonchev–Trinajstić information content (AvgIpc) is 2.16. The molecule has 1 aromatic rings. The lowest BCUT2D eigenvalue weighted by Crippen LogP contribution is -2.22. The monoisotopic (exact) mass is 251 g/mol. The van der Waals surface area contributed by atoms with Crippen LogP contribution in [-0.2, 0) is 0 Å². The number of Topliss-reactive ketones (excluding diaryl/α,β-unsaturated/α-hetero) is 1. The van der Waals surface area contributed by atoms with Gasteiger partial charge in [0.1, 0.15) is 5.41 Å². The molecule has 0 aliphatic heterocycles. The molecule has 14 heavy (non-hydrogen) atoms. The molecule has 0 saturated carbocycles. The van der Waals surface area contributed by atoms with Crippen LogP contribution in [0.25, 0.3) is 0 Å². The van der Waals surface area contributed by atoms with Gasteiger partial charge in [-0.1, -0.05) is 28.1 Å². The maximum Gasteiger partial charge on any atom is 0.182 e. The Morgan fingerprint density at radius 1 is 1.50 bits per heavy atom. The van der Waals surface area contributed by atoms with Gasteiger partial charge in [-0.15, -0.1) is 0 Å². The molecular formula is C11H10BrNO. The first kappa shape index (κ1) is 10.9. The molecule has 2 nitrogen and oxygen atoms in total. The van der Waals surface area contributed by atoms with Crippen molar-refractivity contribution in [3.63, 3.8) is 0 Å². The molecule has 0 fully saturated rings. The summed E-state index contributed by atoms with van der Waals surface area (Å²) in [7, 11) is 0. The van der Waals surface area contributed by atoms with E-state index < -0.39 is 5.41 Å². The summed E-state index contributed by atoms with van der Waals surface area (Å²) in [6, 6.07) is 9.06. The van der Waals surface area contributed by atoms with Gasteiger partial charge in [-0.25, -0.2) is 0 Å². The zero-order valence-corrected chi connectivity index (χ0v) is 9.63. The summed E-state index contributed by atoms with van der Waals surface area (Å²) in [5.74, 6) is -0.152. The average molecular weight is 252 g/mol. The van der Waals surface area contributed by atoms with Crippen LogP contribution in [0.15, 0.2) is 28.7 Å². The van der Waals surface area contributed by atoms with E-state index in [2.05, 4.69) is 15.9 Å². The molecular weight excluding hydrogens is 242 g/mol. The van der Waals surface area contributed by atoms with E-state index in [1.54, 1.807) is 32.0 Å². The zero-order chi connectivity index (χ0) is 10.8. The van der Waals surface area contributed by atoms with Crippen LogP contribution in [0.4, 0.5) is 0 Å². The fraction of sp³-hybridized carbons (Fsp3) is 0.273. The maximum absolute atomic E-state index is 11.8. The predicted molar refractivity (Wildman–Crippen MR) is 57.9 cm³/mol. The minimum atomic E-state index is -0.958. The van der Waals surface area contributed by atoms with E-state index in [1.165, 1.54) is 0 Å². The first-order valence-corrected chi connectivity index (χ1v) is 4.98. The lowest BCUT2D eigenvalue weighted by Gasteiger charge is -2.13. The van der Waals surface area contributed by atoms with Gasteiger partial charge < -0.3 is 0 Å². The van der Waals surface area contributed by atoms with Crippen LogP contribution in [0, 0.1) is 16.7 Å². The predicted octanol–water partition coefficient (Wildman–Crippen LogP) is 3.18. The SMILES string of the molecule is CC(C)(C#N)C(=O)c1cccc(Br)c1. The molecule has 1 rings (SSSR count). The van der Waals surface area contributed by atoms with Gasteiger partial charge in [-0.05, 0) is 26.0 Å². The Morgan fingerprint density at radius 2 is 2.14 bits per heavy atom. The molecule has 0 saturated heterocycles. The molecule has 0 aliphatic rings. The van der Waals surface area contributed by atoms with Gasteiger partial charge in [0.2, 0.25) is 0 Å². The van der Waals surface area contributed by atoms with E-state index in [4.69, 9.17) is 5.26 Å². The number of rotatable bonds is 2. The second-order valence-electron chi connectivity index (χ2n) is 3.58. The Morgan fingerprint density at radius 3 is 2.64 bits per heavy atom. The summed E-state index contributed by atoms with van der Waals surface area (Å²) in [6.07, 6.45) is 0. The smallest absolute Gasteiger partial charge is 0.182 e. The van der Waals surface area contributed by atoms with E-state index >= 15 is 0 Å². The topological polar surface area (TPSA) is 40.9 Å². The van der Waals surface area contributed by atoms with Crippen LogP contribution < -0.4 is 0 Å². The van der Waals surface area contributed by atoms with Crippen molar-refractivity contribution in [2.75, 3.05) is 0 Å². The summed E-state index contributed by atoms with van der Waals surface area (Å²) in [6.45, 7) is 3.24. The van der Waals surface area contributed by atoms with Crippen molar-refractivity contribution in [2.45, 2.75) is 13.8 Å². The summed E-state index contributed by atoms with van der Waals surface area (Å²) < 4.78 is 0.845. The van der Waals surface area contributed by atoms with Crippen LogP contribution in [-0.4, -0.2) is 5.78 Å². The number of carbonyl (C=O) groups is 1. The number of nitrogens with zero attached hydrogens (tertiary/aromatic N) is 1. The Balaban J connectivity index is 3.09. The number of nitriles is 1. The van der Waals surface area contributed by atoms with Gasteiger partial charge >= 0.3 is 0 Å². The molecule has 0 radical (unpaired) electrons. The molecule has 72 valence electrons. The van der Waals surface area contributed by atoms with E-state index in [0.29, 0.717) is 5.56 Å². The van der Waals surface area contributed by atoms with E-state index in [-0.39, 0.29) is 5.78 Å². The summed E-state index contributed by atoms with van der Waals surface area (Å²) in [4.78, 5) is 11.8. The van der Waals surface area contributed by atoms with E-state index in [0.717, 1.165) is 4.47 Å². The van der Waals surface area contributed by atoms with Crippen LogP contribution in [0.1, 0.15) is 24.2 Å². The Labute approximate surface area is 91.7 Å². The van der Waals surface area contributed by atoms with Crippen molar-refractivity contribution >= 4 is 21.7 Å². The Hall–Kier alpha value is -1.14. The third-order valence-corrected chi connectivity index (χ3v) is 2.43. The van der Waals surface area contributed by atoms with Gasteiger partial charge in [0.15, 0.2) is 5.78 Å². The third kappa shape index (κ3) is 2.21. The molecule has 0 unspecified atom stereocenters. The lowest BCUT2D eigenvalue weighted by molar-refractivity contribution is 0.0892. The molecule has 1 aromatic carbocycles. The van der Waals surface area contributed by atoms with Crippen LogP contribution in [0.3, 0.4) is 0 Å². The largest absolute Gasteiger partial charge is 0.292 e. The van der Waals surface area contributed by atoms with Crippen LogP contribution in [0.2, 0.25) is 0 Å². The van der Waals surface area contributed by atoms with Gasteiger partial charge in [0.05, 0.1) is 6.07 Å². The van der Waals surface area contributed by atoms with Gasteiger partial charge in [-0.2, -0.15) is 5.26 Å². The molecule has 0 heterocycles. The Bertz CT molecular complexity index is 404. The van der Waals surface area contributed by atoms with Crippen LogP contribution in [0.5, 0.6) is 0 Å². The highest BCUT2D eigenvalue weighted by molar-refractivity contribution is 9.10. The number of ketones is 1. The van der Waals surface area contributed by atoms with Crippen molar-refractivity contribution in [1.29, 1.82) is 5.26 Å². The second-order valence-corrected chi connectivity index (χ2v) is 4.49. The Kier molecular flexibility index (Phi) is 3.07. The van der Waals surface area contributed by atoms with Crippen molar-refractivity contribution in [3.05, 3.63) is 34.3 Å². The van der Waals surface area contributed by atoms with E-state index in [9.17, 15) is 4.79 Å². The van der Waals surface area contributed by atoms with E-state index in [1.807, 2.05) is 12.1 Å². The summed E-state index contributed by atoms with van der Waals surface area (Å²) in [5.41, 5.74) is -0.397. The quantitative estimate of drug-likeness (QED) is 0.758. The molecule has 3 heteroatoms. The van der Waals surface area contributed by atoms with Gasteiger partial charge in [0.25, 0.3) is 0 Å². The number of benzene rings is 1. The number of halogens is 1. The molecule has 0 spiro atoms. The first-order valence-electron chi connectivity index (χ1n) is 4.19. The highest BCUT2D eigenvalue weighted by Crippen LogP contribution is 2.22. The molecule has 0 aromatic heterocycles. The normalized spacial score (nSPS) is 10.7. The fourth-order valence-electron chi connectivity index (χ4n) is 1.04. The molecule has 0 atom stereocenters. The van der Waals surface area contributed by atoms with Crippen LogP contribution >= 0.6 is 15.9 Å². The second kappa shape index (κ2) is 3.93. The summed E-state index contributed by atoms with van der Waals surface area (Å²) >= 11 is 3.28. The minimum Gasteiger partial charge on any atom is -0.292 e. The van der Waals surface area contributed by atoms with Crippen molar-refractivity contribution in [3.8, 4) is 6.07 Å². The number of hydrogen-bond donors (Lipinski definition) is 0. The highest BCUT2D eigenvalue weighted by Gasteiger charge is 2.28. The molecule has 0 amide bonds. The molecule has 0 aliphatic carbocycles. The van der Waals surface area contributed by atoms with Crippen molar-refractivity contribution < 1.29 is 4.79 Å². The lowest BCUT2D eigenvalue weighted by atomic mass is 9.86. The van der Waals surface area contributed by atoms with Gasteiger partial charge in [0, 0.05) is 10.0 Å². The summed E-state index contributed by atoms with van der Waals surface area (Å²) in [5, 5.41) is 8.81. The highest BCUT2D eigenvalue weighted by atomic mass is 79.9. The van der Waals surface area contributed by atoms with Crippen molar-refractivity contribution in [2.24, 2.45) is 5.41 Å².